The highest BCUT2D eigenvalue weighted by atomic mass is 35.5. The number of fused-ring (bicyclic) bond motifs is 1. The van der Waals surface area contributed by atoms with E-state index < -0.39 is 0 Å². The van der Waals surface area contributed by atoms with Crippen LogP contribution in [-0.4, -0.2) is 6.61 Å². The molecule has 0 saturated carbocycles. The number of rotatable bonds is 3. The molecule has 0 spiro atoms. The molecule has 0 bridgehead atoms. The zero-order chi connectivity index (χ0) is 15.5. The lowest BCUT2D eigenvalue weighted by Gasteiger charge is -2.09. The highest BCUT2D eigenvalue weighted by Gasteiger charge is 2.17. The first-order chi connectivity index (χ1) is 10.7. The van der Waals surface area contributed by atoms with Crippen molar-refractivity contribution in [2.45, 2.75) is 0 Å². The predicted octanol–water partition coefficient (Wildman–Crippen LogP) is 4.02. The minimum absolute atomic E-state index is 0.0162. The zero-order valence-electron chi connectivity index (χ0n) is 11.4. The van der Waals surface area contributed by atoms with E-state index in [4.69, 9.17) is 26.0 Å². The van der Waals surface area contributed by atoms with Crippen LogP contribution < -0.4 is 10.2 Å². The number of hydrogen-bond donors (Lipinski definition) is 0. The topological polar surface area (TPSA) is 63.2 Å². The molecule has 0 N–H and O–H groups in total. The van der Waals surface area contributed by atoms with E-state index in [1.807, 2.05) is 24.3 Å². The molecule has 3 aromatic rings. The van der Waals surface area contributed by atoms with Crippen molar-refractivity contribution in [3.8, 4) is 23.1 Å². The van der Waals surface area contributed by atoms with Crippen molar-refractivity contribution in [1.82, 2.24) is 0 Å². The summed E-state index contributed by atoms with van der Waals surface area (Å²) in [6.45, 7) is -0.239. The quantitative estimate of drug-likeness (QED) is 0.733. The van der Waals surface area contributed by atoms with Gasteiger partial charge in [-0.2, -0.15) is 5.26 Å². The Labute approximate surface area is 131 Å². The van der Waals surface area contributed by atoms with Crippen molar-refractivity contribution in [1.29, 1.82) is 5.26 Å². The lowest BCUT2D eigenvalue weighted by Crippen LogP contribution is -2.10. The van der Waals surface area contributed by atoms with Gasteiger partial charge < -0.3 is 9.15 Å². The fourth-order valence-corrected chi connectivity index (χ4v) is 2.34. The summed E-state index contributed by atoms with van der Waals surface area (Å²) in [5.74, 6) is 0.318. The first-order valence-corrected chi connectivity index (χ1v) is 6.90. The van der Waals surface area contributed by atoms with Gasteiger partial charge in [0.25, 0.3) is 0 Å². The summed E-state index contributed by atoms with van der Waals surface area (Å²) >= 11 is 5.93. The average molecular weight is 312 g/mol. The Bertz CT molecular complexity index is 926. The first-order valence-electron chi connectivity index (χ1n) is 6.52. The molecule has 2 aromatic carbocycles. The maximum absolute atomic E-state index is 12.6. The lowest BCUT2D eigenvalue weighted by molar-refractivity contribution is 0.356. The van der Waals surface area contributed by atoms with Gasteiger partial charge >= 0.3 is 0 Å². The van der Waals surface area contributed by atoms with E-state index >= 15 is 0 Å². The molecule has 0 radical (unpaired) electrons. The van der Waals surface area contributed by atoms with Gasteiger partial charge in [0.2, 0.25) is 11.2 Å². The number of hydrogen-bond acceptors (Lipinski definition) is 4. The van der Waals surface area contributed by atoms with E-state index in [0.717, 1.165) is 0 Å². The summed E-state index contributed by atoms with van der Waals surface area (Å²) < 4.78 is 11.1. The molecular weight excluding hydrogens is 302 g/mol. The molecule has 0 unspecified atom stereocenters. The summed E-state index contributed by atoms with van der Waals surface area (Å²) in [4.78, 5) is 12.6. The largest absolute Gasteiger partial charge is 0.471 e. The van der Waals surface area contributed by atoms with Crippen molar-refractivity contribution in [2.24, 2.45) is 0 Å². The van der Waals surface area contributed by atoms with Gasteiger partial charge in [0, 0.05) is 10.6 Å². The molecule has 0 aliphatic heterocycles. The van der Waals surface area contributed by atoms with Gasteiger partial charge in [-0.05, 0) is 18.2 Å². The molecule has 3 rings (SSSR count). The van der Waals surface area contributed by atoms with Gasteiger partial charge in [0.05, 0.1) is 5.39 Å². The second-order valence-corrected chi connectivity index (χ2v) is 4.98. The third kappa shape index (κ3) is 2.54. The van der Waals surface area contributed by atoms with E-state index in [0.29, 0.717) is 27.3 Å². The minimum atomic E-state index is -0.349. The van der Waals surface area contributed by atoms with Crippen LogP contribution in [0.1, 0.15) is 0 Å². The lowest BCUT2D eigenvalue weighted by atomic mass is 10.1. The van der Waals surface area contributed by atoms with E-state index in [-0.39, 0.29) is 17.8 Å². The van der Waals surface area contributed by atoms with Crippen molar-refractivity contribution < 1.29 is 9.15 Å². The monoisotopic (exact) mass is 311 g/mol. The minimum Gasteiger partial charge on any atom is -0.471 e. The average Bonchev–Trinajstić information content (AvgIpc) is 2.55. The molecule has 5 heteroatoms. The molecule has 4 nitrogen and oxygen atoms in total. The van der Waals surface area contributed by atoms with Crippen LogP contribution >= 0.6 is 11.6 Å². The Hall–Kier alpha value is -2.77. The van der Waals surface area contributed by atoms with Crippen LogP contribution in [0.2, 0.25) is 5.02 Å². The molecule has 1 heterocycles. The van der Waals surface area contributed by atoms with Gasteiger partial charge in [-0.25, -0.2) is 0 Å². The Balaban J connectivity index is 2.32. The van der Waals surface area contributed by atoms with Crippen LogP contribution in [0.5, 0.6) is 5.75 Å². The van der Waals surface area contributed by atoms with Crippen LogP contribution in [-0.2, 0) is 0 Å². The van der Waals surface area contributed by atoms with E-state index in [1.54, 1.807) is 24.3 Å². The molecule has 0 saturated heterocycles. The second-order valence-electron chi connectivity index (χ2n) is 4.54. The third-order valence-electron chi connectivity index (χ3n) is 3.13. The number of ether oxygens (including phenoxy) is 1. The van der Waals surface area contributed by atoms with Crippen LogP contribution in [0.15, 0.2) is 57.7 Å². The molecule has 0 aliphatic carbocycles. The number of benzene rings is 2. The highest BCUT2D eigenvalue weighted by Crippen LogP contribution is 2.31. The number of nitriles is 1. The molecule has 0 aliphatic rings. The van der Waals surface area contributed by atoms with Gasteiger partial charge in [-0.15, -0.1) is 0 Å². The summed E-state index contributed by atoms with van der Waals surface area (Å²) in [5, 5.41) is 9.46. The van der Waals surface area contributed by atoms with Crippen molar-refractivity contribution in [3.63, 3.8) is 0 Å². The Morgan fingerprint density at radius 2 is 1.95 bits per heavy atom. The van der Waals surface area contributed by atoms with Gasteiger partial charge in [-0.3, -0.25) is 4.79 Å². The van der Waals surface area contributed by atoms with Crippen LogP contribution in [0.4, 0.5) is 0 Å². The SMILES string of the molecule is N#CCOc1c(-c2ccccc2)oc2ccc(Cl)cc2c1=O. The van der Waals surface area contributed by atoms with Gasteiger partial charge in [-0.1, -0.05) is 41.9 Å². The maximum Gasteiger partial charge on any atom is 0.235 e. The second kappa shape index (κ2) is 5.92. The Kier molecular flexibility index (Phi) is 3.82. The summed E-state index contributed by atoms with van der Waals surface area (Å²) in [7, 11) is 0. The van der Waals surface area contributed by atoms with E-state index in [1.165, 1.54) is 6.07 Å². The van der Waals surface area contributed by atoms with Crippen LogP contribution in [0.3, 0.4) is 0 Å². The molecule has 0 fully saturated rings. The maximum atomic E-state index is 12.6. The van der Waals surface area contributed by atoms with Crippen molar-refractivity contribution in [2.75, 3.05) is 6.61 Å². The fraction of sp³-hybridized carbons (Fsp3) is 0.0588. The Morgan fingerprint density at radius 3 is 2.68 bits per heavy atom. The molecule has 1 aromatic heterocycles. The number of nitrogens with zero attached hydrogens (tertiary/aromatic N) is 1. The van der Waals surface area contributed by atoms with Crippen molar-refractivity contribution in [3.05, 3.63) is 63.8 Å². The van der Waals surface area contributed by atoms with Crippen LogP contribution in [0.25, 0.3) is 22.3 Å². The smallest absolute Gasteiger partial charge is 0.235 e. The molecule has 0 atom stereocenters. The van der Waals surface area contributed by atoms with E-state index in [2.05, 4.69) is 0 Å². The summed E-state index contributed by atoms with van der Waals surface area (Å²) in [6, 6.07) is 15.8. The van der Waals surface area contributed by atoms with Crippen molar-refractivity contribution >= 4 is 22.6 Å². The van der Waals surface area contributed by atoms with Gasteiger partial charge in [0.1, 0.15) is 11.7 Å². The standard InChI is InChI=1S/C17H10ClNO3/c18-12-6-7-14-13(10-12)15(20)17(21-9-8-19)16(22-14)11-4-2-1-3-5-11/h1-7,10H,9H2. The van der Waals surface area contributed by atoms with E-state index in [9.17, 15) is 4.79 Å². The highest BCUT2D eigenvalue weighted by molar-refractivity contribution is 6.31. The predicted molar refractivity (Wildman–Crippen MR) is 84.0 cm³/mol. The molecule has 108 valence electrons. The summed E-state index contributed by atoms with van der Waals surface area (Å²) in [6.07, 6.45) is 0. The molecule has 0 amide bonds. The first kappa shape index (κ1) is 14.2. The Morgan fingerprint density at radius 1 is 1.18 bits per heavy atom. The number of halogens is 1. The molecular formula is C17H10ClNO3. The zero-order valence-corrected chi connectivity index (χ0v) is 12.1. The normalized spacial score (nSPS) is 10.4. The van der Waals surface area contributed by atoms with Crippen LogP contribution in [0, 0.1) is 11.3 Å². The fourth-order valence-electron chi connectivity index (χ4n) is 2.17. The molecule has 22 heavy (non-hydrogen) atoms. The third-order valence-corrected chi connectivity index (χ3v) is 3.36. The summed E-state index contributed by atoms with van der Waals surface area (Å²) in [5.41, 5.74) is 0.764. The van der Waals surface area contributed by atoms with Gasteiger partial charge in [0.15, 0.2) is 12.4 Å².